The molecule has 0 aliphatic carbocycles. The Labute approximate surface area is 240 Å². The number of hydrogen-bond donors (Lipinski definition) is 1. The van der Waals surface area contributed by atoms with Crippen LogP contribution in [0.3, 0.4) is 0 Å². The topological polar surface area (TPSA) is 146 Å². The van der Waals surface area contributed by atoms with E-state index in [1.165, 1.54) is 19.1 Å². The van der Waals surface area contributed by atoms with Gasteiger partial charge in [-0.3, -0.25) is 14.9 Å². The van der Waals surface area contributed by atoms with Gasteiger partial charge >= 0.3 is 0 Å². The average molecular weight is 581 g/mol. The van der Waals surface area contributed by atoms with Gasteiger partial charge in [-0.2, -0.15) is 0 Å². The molecule has 13 heteroatoms. The van der Waals surface area contributed by atoms with E-state index in [9.17, 15) is 14.9 Å². The van der Waals surface area contributed by atoms with Crippen molar-refractivity contribution in [3.8, 4) is 11.5 Å². The van der Waals surface area contributed by atoms with Gasteiger partial charge < -0.3 is 43.2 Å². The van der Waals surface area contributed by atoms with E-state index in [0.29, 0.717) is 104 Å². The zero-order chi connectivity index (χ0) is 29.4. The Kier molecular flexibility index (Phi) is 18.5. The summed E-state index contributed by atoms with van der Waals surface area (Å²) in [6.45, 7) is 7.70. The number of rotatable bonds is 25. The predicted octanol–water partition coefficient (Wildman–Crippen LogP) is 3.11. The molecule has 1 amide bonds. The van der Waals surface area contributed by atoms with Crippen molar-refractivity contribution in [2.24, 2.45) is 0 Å². The number of amides is 1. The van der Waals surface area contributed by atoms with Crippen LogP contribution in [0.15, 0.2) is 48.5 Å². The first kappa shape index (κ1) is 33.9. The van der Waals surface area contributed by atoms with Crippen molar-refractivity contribution in [3.63, 3.8) is 0 Å². The number of carbonyl (C=O) groups excluding carboxylic acids is 1. The van der Waals surface area contributed by atoms with Crippen LogP contribution in [0.4, 0.5) is 11.4 Å². The molecule has 0 heterocycles. The number of nitro benzene ring substituents is 1. The number of anilines is 1. The van der Waals surface area contributed by atoms with Crippen LogP contribution in [0.2, 0.25) is 0 Å². The lowest BCUT2D eigenvalue weighted by Crippen LogP contribution is -2.15. The Balaban J connectivity index is 1.24. The monoisotopic (exact) mass is 580 g/mol. The van der Waals surface area contributed by atoms with E-state index in [4.69, 9.17) is 37.9 Å². The minimum absolute atomic E-state index is 0.0236. The van der Waals surface area contributed by atoms with Gasteiger partial charge in [-0.15, -0.1) is 0 Å². The maximum absolute atomic E-state index is 11.0. The fraction of sp³-hybridized carbons (Fsp3) is 0.536. The van der Waals surface area contributed by atoms with Gasteiger partial charge in [0.2, 0.25) is 5.91 Å². The Hall–Kier alpha value is -3.33. The molecular formula is C28H40N2O11. The largest absolute Gasteiger partial charge is 0.491 e. The van der Waals surface area contributed by atoms with Crippen molar-refractivity contribution in [3.05, 3.63) is 58.6 Å². The van der Waals surface area contributed by atoms with Crippen LogP contribution >= 0.6 is 0 Å². The van der Waals surface area contributed by atoms with E-state index in [-0.39, 0.29) is 11.6 Å². The molecular weight excluding hydrogens is 540 g/mol. The predicted molar refractivity (Wildman–Crippen MR) is 150 cm³/mol. The van der Waals surface area contributed by atoms with E-state index in [1.54, 1.807) is 36.4 Å². The van der Waals surface area contributed by atoms with E-state index in [1.807, 2.05) is 0 Å². The van der Waals surface area contributed by atoms with Crippen LogP contribution in [0, 0.1) is 10.1 Å². The number of nitrogens with zero attached hydrogens (tertiary/aromatic N) is 1. The van der Waals surface area contributed by atoms with Crippen LogP contribution in [0.5, 0.6) is 11.5 Å². The lowest BCUT2D eigenvalue weighted by Gasteiger charge is -2.09. The van der Waals surface area contributed by atoms with E-state index in [2.05, 4.69) is 5.32 Å². The van der Waals surface area contributed by atoms with Gasteiger partial charge in [0.05, 0.1) is 84.2 Å². The molecule has 0 atom stereocenters. The molecule has 2 rings (SSSR count). The Morgan fingerprint density at radius 1 is 0.585 bits per heavy atom. The second-order valence-corrected chi connectivity index (χ2v) is 8.33. The van der Waals surface area contributed by atoms with Crippen LogP contribution in [-0.2, 0) is 33.2 Å². The first-order valence-corrected chi connectivity index (χ1v) is 13.4. The summed E-state index contributed by atoms with van der Waals surface area (Å²) in [6.07, 6.45) is 0. The quantitative estimate of drug-likeness (QED) is 0.105. The highest BCUT2D eigenvalue weighted by Crippen LogP contribution is 2.17. The Morgan fingerprint density at radius 3 is 1.22 bits per heavy atom. The highest BCUT2D eigenvalue weighted by atomic mass is 16.6. The highest BCUT2D eigenvalue weighted by Gasteiger charge is 2.04. The smallest absolute Gasteiger partial charge is 0.269 e. The van der Waals surface area contributed by atoms with Gasteiger partial charge in [0.25, 0.3) is 5.69 Å². The standard InChI is InChI=1S/C28H40N2O11/c1-24(31)29-25-2-6-27(7-3-25)40-22-20-38-18-16-36-14-12-34-10-11-35-13-15-37-17-19-39-21-23-41-28-8-4-26(5-9-28)30(32)33/h2-9H,10-23H2,1H3,(H,29,31). The first-order valence-electron chi connectivity index (χ1n) is 13.4. The van der Waals surface area contributed by atoms with Crippen molar-refractivity contribution < 1.29 is 47.6 Å². The molecule has 0 aromatic heterocycles. The highest BCUT2D eigenvalue weighted by molar-refractivity contribution is 5.88. The Morgan fingerprint density at radius 2 is 0.902 bits per heavy atom. The van der Waals surface area contributed by atoms with Crippen LogP contribution in [-0.4, -0.2) is 103 Å². The maximum atomic E-state index is 11.0. The van der Waals surface area contributed by atoms with Crippen LogP contribution in [0.1, 0.15) is 6.92 Å². The Bertz CT molecular complexity index is 959. The van der Waals surface area contributed by atoms with E-state index < -0.39 is 4.92 Å². The van der Waals surface area contributed by atoms with Crippen LogP contribution in [0.25, 0.3) is 0 Å². The molecule has 2 aromatic carbocycles. The number of non-ortho nitro benzene ring substituents is 1. The van der Waals surface area contributed by atoms with Crippen molar-refractivity contribution in [2.45, 2.75) is 6.92 Å². The number of carbonyl (C=O) groups is 1. The van der Waals surface area contributed by atoms with Gasteiger partial charge in [-0.1, -0.05) is 0 Å². The third kappa shape index (κ3) is 17.9. The summed E-state index contributed by atoms with van der Waals surface area (Å²) in [5.74, 6) is 1.15. The van der Waals surface area contributed by atoms with E-state index >= 15 is 0 Å². The van der Waals surface area contributed by atoms with Gasteiger partial charge in [0.15, 0.2) is 0 Å². The fourth-order valence-electron chi connectivity index (χ4n) is 3.14. The second-order valence-electron chi connectivity index (χ2n) is 8.33. The zero-order valence-electron chi connectivity index (χ0n) is 23.5. The molecule has 0 spiro atoms. The lowest BCUT2D eigenvalue weighted by atomic mass is 10.3. The van der Waals surface area contributed by atoms with E-state index in [0.717, 1.165) is 5.69 Å². The molecule has 41 heavy (non-hydrogen) atoms. The number of nitrogens with one attached hydrogen (secondary N) is 1. The second kappa shape index (κ2) is 22.4. The number of nitro groups is 1. The molecule has 0 radical (unpaired) electrons. The number of hydrogen-bond acceptors (Lipinski definition) is 11. The minimum Gasteiger partial charge on any atom is -0.491 e. The first-order chi connectivity index (χ1) is 20.0. The minimum atomic E-state index is -0.455. The third-order valence-corrected chi connectivity index (χ3v) is 5.08. The molecule has 1 N–H and O–H groups in total. The zero-order valence-corrected chi connectivity index (χ0v) is 23.5. The fourth-order valence-corrected chi connectivity index (χ4v) is 3.14. The summed E-state index contributed by atoms with van der Waals surface area (Å²) in [5.41, 5.74) is 0.749. The summed E-state index contributed by atoms with van der Waals surface area (Å²) < 4.78 is 43.7. The molecule has 13 nitrogen and oxygen atoms in total. The normalized spacial score (nSPS) is 10.9. The molecule has 0 saturated heterocycles. The van der Waals surface area contributed by atoms with Crippen molar-refractivity contribution in [2.75, 3.05) is 97.8 Å². The van der Waals surface area contributed by atoms with Gasteiger partial charge in [0.1, 0.15) is 24.7 Å². The van der Waals surface area contributed by atoms with Crippen molar-refractivity contribution in [1.82, 2.24) is 0 Å². The third-order valence-electron chi connectivity index (χ3n) is 5.08. The summed E-state index contributed by atoms with van der Waals surface area (Å²) in [6, 6.07) is 13.0. The molecule has 0 bridgehead atoms. The molecule has 0 aliphatic rings. The average Bonchev–Trinajstić information content (AvgIpc) is 2.96. The molecule has 0 fully saturated rings. The van der Waals surface area contributed by atoms with Gasteiger partial charge in [0, 0.05) is 24.7 Å². The summed E-state index contributed by atoms with van der Waals surface area (Å²) >= 11 is 0. The summed E-state index contributed by atoms with van der Waals surface area (Å²) in [5, 5.41) is 13.3. The molecule has 0 unspecified atom stereocenters. The maximum Gasteiger partial charge on any atom is 0.269 e. The molecule has 228 valence electrons. The van der Waals surface area contributed by atoms with Crippen LogP contribution < -0.4 is 14.8 Å². The molecule has 2 aromatic rings. The lowest BCUT2D eigenvalue weighted by molar-refractivity contribution is -0.384. The summed E-state index contributed by atoms with van der Waals surface area (Å²) in [7, 11) is 0. The molecule has 0 saturated carbocycles. The van der Waals surface area contributed by atoms with Gasteiger partial charge in [-0.05, 0) is 36.4 Å². The van der Waals surface area contributed by atoms with Crippen molar-refractivity contribution in [1.29, 1.82) is 0 Å². The van der Waals surface area contributed by atoms with Gasteiger partial charge in [-0.25, -0.2) is 0 Å². The SMILES string of the molecule is CC(=O)Nc1ccc(OCCOCCOCCOCCOCCOCCOCCOc2ccc([N+](=O)[O-])cc2)cc1. The number of ether oxygens (including phenoxy) is 8. The van der Waals surface area contributed by atoms with Crippen molar-refractivity contribution >= 4 is 17.3 Å². The molecule has 0 aliphatic heterocycles. The summed E-state index contributed by atoms with van der Waals surface area (Å²) in [4.78, 5) is 21.2. The number of benzene rings is 2.